The molecule has 3 heteroatoms. The number of fused-ring (bicyclic) bond motifs is 1. The van der Waals surface area contributed by atoms with Crippen molar-refractivity contribution >= 4 is 5.91 Å². The van der Waals surface area contributed by atoms with Crippen molar-refractivity contribution in [3.05, 3.63) is 35.8 Å². The smallest absolute Gasteiger partial charge is 0.240 e. The fraction of sp³-hybridized carbons (Fsp3) is 0.222. The molecule has 0 saturated carbocycles. The van der Waals surface area contributed by atoms with Crippen molar-refractivity contribution in [1.82, 2.24) is 4.90 Å². The van der Waals surface area contributed by atoms with Crippen molar-refractivity contribution < 1.29 is 9.90 Å². The van der Waals surface area contributed by atoms with Gasteiger partial charge in [0.2, 0.25) is 5.91 Å². The molecule has 1 heterocycles. The Kier molecular flexibility index (Phi) is 1.33. The van der Waals surface area contributed by atoms with Gasteiger partial charge in [0, 0.05) is 12.6 Å². The molecule has 0 aromatic heterocycles. The molecule has 1 unspecified atom stereocenters. The standard InChI is InChI=1S/C9H9NO2/c1-10-8(11)6-4-2-3-5-7(6)9(10)12/h2-6,12H,1H3. The molecule has 0 saturated heterocycles. The summed E-state index contributed by atoms with van der Waals surface area (Å²) in [5, 5.41) is 9.46. The van der Waals surface area contributed by atoms with E-state index in [-0.39, 0.29) is 17.7 Å². The Morgan fingerprint density at radius 3 is 2.92 bits per heavy atom. The van der Waals surface area contributed by atoms with Crippen molar-refractivity contribution in [2.24, 2.45) is 5.92 Å². The number of amides is 1. The van der Waals surface area contributed by atoms with Gasteiger partial charge in [-0.25, -0.2) is 0 Å². The minimum absolute atomic E-state index is 0.0666. The zero-order valence-corrected chi connectivity index (χ0v) is 6.69. The number of nitrogens with zero attached hydrogens (tertiary/aromatic N) is 1. The van der Waals surface area contributed by atoms with Gasteiger partial charge in [-0.05, 0) is 0 Å². The van der Waals surface area contributed by atoms with Gasteiger partial charge in [0.05, 0.1) is 5.92 Å². The second-order valence-electron chi connectivity index (χ2n) is 2.90. The molecule has 0 radical (unpaired) electrons. The first-order valence-corrected chi connectivity index (χ1v) is 3.77. The van der Waals surface area contributed by atoms with Crippen LogP contribution < -0.4 is 0 Å². The van der Waals surface area contributed by atoms with Gasteiger partial charge in [-0.3, -0.25) is 9.69 Å². The van der Waals surface area contributed by atoms with Gasteiger partial charge in [-0.15, -0.1) is 0 Å². The average Bonchev–Trinajstić information content (AvgIpc) is 2.33. The van der Waals surface area contributed by atoms with Crippen molar-refractivity contribution in [3.8, 4) is 0 Å². The predicted molar refractivity (Wildman–Crippen MR) is 44.2 cm³/mol. The Balaban J connectivity index is 2.49. The summed E-state index contributed by atoms with van der Waals surface area (Å²) in [4.78, 5) is 12.7. The normalized spacial score (nSPS) is 26.9. The minimum Gasteiger partial charge on any atom is -0.494 e. The van der Waals surface area contributed by atoms with Crippen LogP contribution >= 0.6 is 0 Å². The lowest BCUT2D eigenvalue weighted by Crippen LogP contribution is -2.23. The number of aliphatic hydroxyl groups is 1. The molecule has 1 atom stereocenters. The van der Waals surface area contributed by atoms with Crippen LogP contribution in [0.3, 0.4) is 0 Å². The molecule has 0 spiro atoms. The fourth-order valence-corrected chi connectivity index (χ4v) is 1.48. The number of aliphatic hydroxyl groups excluding tert-OH is 1. The topological polar surface area (TPSA) is 40.5 Å². The average molecular weight is 163 g/mol. The fourth-order valence-electron chi connectivity index (χ4n) is 1.48. The maximum absolute atomic E-state index is 11.4. The highest BCUT2D eigenvalue weighted by Gasteiger charge is 2.35. The van der Waals surface area contributed by atoms with Gasteiger partial charge in [0.15, 0.2) is 5.88 Å². The second kappa shape index (κ2) is 2.24. The van der Waals surface area contributed by atoms with E-state index in [1.807, 2.05) is 12.2 Å². The van der Waals surface area contributed by atoms with Crippen LogP contribution in [0.15, 0.2) is 35.8 Å². The summed E-state index contributed by atoms with van der Waals surface area (Å²) < 4.78 is 0. The maximum atomic E-state index is 11.4. The van der Waals surface area contributed by atoms with Gasteiger partial charge in [0.25, 0.3) is 0 Å². The largest absolute Gasteiger partial charge is 0.494 e. The number of allylic oxidation sites excluding steroid dienone is 3. The Labute approximate surface area is 70.3 Å². The lowest BCUT2D eigenvalue weighted by atomic mass is 9.97. The lowest BCUT2D eigenvalue weighted by Gasteiger charge is -2.08. The Morgan fingerprint density at radius 2 is 2.25 bits per heavy atom. The Morgan fingerprint density at radius 1 is 1.50 bits per heavy atom. The molecule has 1 N–H and O–H groups in total. The molecule has 2 rings (SSSR count). The number of carbonyl (C=O) groups excluding carboxylic acids is 1. The van der Waals surface area contributed by atoms with E-state index in [1.54, 1.807) is 19.2 Å². The molecular formula is C9H9NO2. The summed E-state index contributed by atoms with van der Waals surface area (Å²) in [6.07, 6.45) is 7.19. The number of hydrogen-bond donors (Lipinski definition) is 1. The van der Waals surface area contributed by atoms with E-state index in [4.69, 9.17) is 0 Å². The van der Waals surface area contributed by atoms with Gasteiger partial charge in [-0.1, -0.05) is 24.3 Å². The quantitative estimate of drug-likeness (QED) is 0.578. The summed E-state index contributed by atoms with van der Waals surface area (Å²) >= 11 is 0. The van der Waals surface area contributed by atoms with Crippen molar-refractivity contribution in [1.29, 1.82) is 0 Å². The Hall–Kier alpha value is -1.51. The molecule has 2 aliphatic rings. The number of carbonyl (C=O) groups is 1. The van der Waals surface area contributed by atoms with Crippen LogP contribution in [-0.4, -0.2) is 23.0 Å². The maximum Gasteiger partial charge on any atom is 0.240 e. The van der Waals surface area contributed by atoms with Crippen LogP contribution in [0, 0.1) is 5.92 Å². The first kappa shape index (κ1) is 7.16. The highest BCUT2D eigenvalue weighted by Crippen LogP contribution is 2.30. The molecule has 0 aromatic rings. The highest BCUT2D eigenvalue weighted by molar-refractivity contribution is 5.89. The van der Waals surface area contributed by atoms with Crippen molar-refractivity contribution in [3.63, 3.8) is 0 Å². The van der Waals surface area contributed by atoms with E-state index in [0.29, 0.717) is 5.57 Å². The molecule has 3 nitrogen and oxygen atoms in total. The van der Waals surface area contributed by atoms with Crippen LogP contribution in [0.5, 0.6) is 0 Å². The van der Waals surface area contributed by atoms with Crippen LogP contribution in [-0.2, 0) is 4.79 Å². The summed E-state index contributed by atoms with van der Waals surface area (Å²) in [5.41, 5.74) is 0.699. The molecular weight excluding hydrogens is 154 g/mol. The molecule has 0 fully saturated rings. The molecule has 0 aromatic carbocycles. The summed E-state index contributed by atoms with van der Waals surface area (Å²) in [6.45, 7) is 0. The van der Waals surface area contributed by atoms with Crippen LogP contribution in [0.25, 0.3) is 0 Å². The molecule has 1 aliphatic carbocycles. The Bertz CT molecular complexity index is 325. The molecule has 1 amide bonds. The van der Waals surface area contributed by atoms with E-state index in [0.717, 1.165) is 0 Å². The van der Waals surface area contributed by atoms with Crippen LogP contribution in [0.4, 0.5) is 0 Å². The highest BCUT2D eigenvalue weighted by atomic mass is 16.3. The van der Waals surface area contributed by atoms with Gasteiger partial charge in [0.1, 0.15) is 0 Å². The molecule has 62 valence electrons. The molecule has 12 heavy (non-hydrogen) atoms. The predicted octanol–water partition coefficient (Wildman–Crippen LogP) is 0.970. The molecule has 0 bridgehead atoms. The molecule has 1 aliphatic heterocycles. The second-order valence-corrected chi connectivity index (χ2v) is 2.90. The first-order chi connectivity index (χ1) is 5.72. The zero-order valence-electron chi connectivity index (χ0n) is 6.69. The third-order valence-corrected chi connectivity index (χ3v) is 2.20. The summed E-state index contributed by atoms with van der Waals surface area (Å²) in [5.74, 6) is -0.256. The van der Waals surface area contributed by atoms with E-state index >= 15 is 0 Å². The SMILES string of the molecule is CN1C(=O)C2C=CC=CC2=C1O. The number of rotatable bonds is 0. The zero-order chi connectivity index (χ0) is 8.72. The number of hydrogen-bond acceptors (Lipinski definition) is 2. The van der Waals surface area contributed by atoms with Gasteiger partial charge >= 0.3 is 0 Å². The van der Waals surface area contributed by atoms with E-state index in [1.165, 1.54) is 4.90 Å². The van der Waals surface area contributed by atoms with E-state index < -0.39 is 0 Å². The van der Waals surface area contributed by atoms with Crippen molar-refractivity contribution in [2.75, 3.05) is 7.05 Å². The van der Waals surface area contributed by atoms with Gasteiger partial charge < -0.3 is 5.11 Å². The third kappa shape index (κ3) is 0.733. The van der Waals surface area contributed by atoms with Crippen LogP contribution in [0.2, 0.25) is 0 Å². The lowest BCUT2D eigenvalue weighted by molar-refractivity contribution is -0.129. The third-order valence-electron chi connectivity index (χ3n) is 2.20. The monoisotopic (exact) mass is 163 g/mol. The summed E-state index contributed by atoms with van der Waals surface area (Å²) in [6, 6.07) is 0. The minimum atomic E-state index is -0.264. The van der Waals surface area contributed by atoms with Crippen molar-refractivity contribution in [2.45, 2.75) is 0 Å². The van der Waals surface area contributed by atoms with E-state index in [9.17, 15) is 9.90 Å². The first-order valence-electron chi connectivity index (χ1n) is 3.77. The van der Waals surface area contributed by atoms with Crippen LogP contribution in [0.1, 0.15) is 0 Å². The summed E-state index contributed by atoms with van der Waals surface area (Å²) in [7, 11) is 1.57. The van der Waals surface area contributed by atoms with Gasteiger partial charge in [-0.2, -0.15) is 0 Å². The van der Waals surface area contributed by atoms with E-state index in [2.05, 4.69) is 0 Å².